The van der Waals surface area contributed by atoms with E-state index >= 15 is 0 Å². The van der Waals surface area contributed by atoms with Gasteiger partial charge in [0.15, 0.2) is 0 Å². The topological polar surface area (TPSA) is 38.9 Å². The van der Waals surface area contributed by atoms with Gasteiger partial charge in [-0.25, -0.2) is 0 Å². The molecule has 0 bridgehead atoms. The predicted molar refractivity (Wildman–Crippen MR) is 64.1 cm³/mol. The Morgan fingerprint density at radius 1 is 1.40 bits per heavy atom. The van der Waals surface area contributed by atoms with Gasteiger partial charge >= 0.3 is 0 Å². The second-order valence-corrected chi connectivity index (χ2v) is 4.18. The number of nitrogens with zero attached hydrogens (tertiary/aromatic N) is 1. The van der Waals surface area contributed by atoms with Crippen molar-refractivity contribution in [1.82, 2.24) is 4.98 Å². The van der Waals surface area contributed by atoms with Crippen molar-refractivity contribution >= 4 is 22.5 Å². The Balaban J connectivity index is 2.86. The monoisotopic (exact) mass is 220 g/mol. The summed E-state index contributed by atoms with van der Waals surface area (Å²) in [5.41, 5.74) is 8.81. The van der Waals surface area contributed by atoms with Gasteiger partial charge in [-0.3, -0.25) is 4.98 Å². The van der Waals surface area contributed by atoms with Crippen LogP contribution in [0.2, 0.25) is 5.02 Å². The first-order chi connectivity index (χ1) is 7.09. The van der Waals surface area contributed by atoms with Gasteiger partial charge in [-0.15, -0.1) is 0 Å². The summed E-state index contributed by atoms with van der Waals surface area (Å²) in [6.07, 6.45) is 0. The van der Waals surface area contributed by atoms with E-state index in [-0.39, 0.29) is 6.04 Å². The maximum atomic E-state index is 6.10. The number of nitrogens with two attached hydrogens (primary N) is 1. The lowest BCUT2D eigenvalue weighted by atomic mass is 10.0. The number of pyridine rings is 1. The molecule has 1 aromatic heterocycles. The minimum Gasteiger partial charge on any atom is -0.324 e. The molecule has 0 saturated carbocycles. The van der Waals surface area contributed by atoms with Crippen LogP contribution in [0.15, 0.2) is 24.3 Å². The highest BCUT2D eigenvalue weighted by molar-refractivity contribution is 6.35. The van der Waals surface area contributed by atoms with Crippen molar-refractivity contribution < 1.29 is 0 Å². The van der Waals surface area contributed by atoms with Crippen molar-refractivity contribution in [3.05, 3.63) is 40.5 Å². The predicted octanol–water partition coefficient (Wildman–Crippen LogP) is 3.22. The molecule has 0 amide bonds. The number of para-hydroxylation sites is 1. The van der Waals surface area contributed by atoms with Crippen molar-refractivity contribution in [1.29, 1.82) is 0 Å². The molecule has 2 rings (SSSR count). The molecule has 1 atom stereocenters. The van der Waals surface area contributed by atoms with E-state index in [0.717, 1.165) is 22.2 Å². The van der Waals surface area contributed by atoms with Crippen molar-refractivity contribution in [2.24, 2.45) is 5.73 Å². The summed E-state index contributed by atoms with van der Waals surface area (Å²) in [6, 6.07) is 7.79. The van der Waals surface area contributed by atoms with Gasteiger partial charge in [0.2, 0.25) is 0 Å². The SMILES string of the molecule is Cc1cc(C(C)N)c2cccc(Cl)c2n1. The second kappa shape index (κ2) is 3.80. The Bertz CT molecular complexity index is 506. The van der Waals surface area contributed by atoms with Gasteiger partial charge < -0.3 is 5.73 Å². The Morgan fingerprint density at radius 2 is 2.13 bits per heavy atom. The van der Waals surface area contributed by atoms with E-state index in [2.05, 4.69) is 4.98 Å². The van der Waals surface area contributed by atoms with Crippen LogP contribution >= 0.6 is 11.6 Å². The molecule has 2 nitrogen and oxygen atoms in total. The lowest BCUT2D eigenvalue weighted by molar-refractivity contribution is 0.823. The van der Waals surface area contributed by atoms with Gasteiger partial charge in [0.05, 0.1) is 10.5 Å². The average Bonchev–Trinajstić information content (AvgIpc) is 2.18. The molecule has 1 unspecified atom stereocenters. The van der Waals surface area contributed by atoms with E-state index in [1.165, 1.54) is 0 Å². The Labute approximate surface area is 94.1 Å². The van der Waals surface area contributed by atoms with E-state index in [4.69, 9.17) is 17.3 Å². The summed E-state index contributed by atoms with van der Waals surface area (Å²) in [6.45, 7) is 3.92. The molecule has 0 aliphatic carbocycles. The fourth-order valence-electron chi connectivity index (χ4n) is 1.75. The number of aromatic nitrogens is 1. The van der Waals surface area contributed by atoms with Crippen LogP contribution in [-0.4, -0.2) is 4.98 Å². The number of fused-ring (bicyclic) bond motifs is 1. The first-order valence-electron chi connectivity index (χ1n) is 4.91. The second-order valence-electron chi connectivity index (χ2n) is 3.78. The largest absolute Gasteiger partial charge is 0.324 e. The van der Waals surface area contributed by atoms with Crippen LogP contribution in [0.25, 0.3) is 10.9 Å². The number of rotatable bonds is 1. The molecule has 1 aromatic carbocycles. The van der Waals surface area contributed by atoms with Crippen LogP contribution in [0, 0.1) is 6.92 Å². The van der Waals surface area contributed by atoms with Gasteiger partial charge in [0.1, 0.15) is 0 Å². The maximum absolute atomic E-state index is 6.10. The van der Waals surface area contributed by atoms with E-state index in [0.29, 0.717) is 5.02 Å². The van der Waals surface area contributed by atoms with Crippen LogP contribution in [0.3, 0.4) is 0 Å². The average molecular weight is 221 g/mol. The highest BCUT2D eigenvalue weighted by atomic mass is 35.5. The van der Waals surface area contributed by atoms with Gasteiger partial charge in [0.25, 0.3) is 0 Å². The summed E-state index contributed by atoms with van der Waals surface area (Å²) >= 11 is 6.10. The minimum atomic E-state index is -0.00679. The van der Waals surface area contributed by atoms with Crippen molar-refractivity contribution in [3.8, 4) is 0 Å². The van der Waals surface area contributed by atoms with Crippen LogP contribution in [-0.2, 0) is 0 Å². The zero-order valence-corrected chi connectivity index (χ0v) is 9.55. The summed E-state index contributed by atoms with van der Waals surface area (Å²) in [4.78, 5) is 4.43. The third-order valence-electron chi connectivity index (χ3n) is 2.44. The lowest BCUT2D eigenvalue weighted by Gasteiger charge is -2.11. The zero-order chi connectivity index (χ0) is 11.0. The maximum Gasteiger partial charge on any atom is 0.0894 e. The third-order valence-corrected chi connectivity index (χ3v) is 2.75. The molecule has 0 aliphatic heterocycles. The number of aryl methyl sites for hydroxylation is 1. The van der Waals surface area contributed by atoms with Crippen LogP contribution in [0.4, 0.5) is 0 Å². The molecule has 0 aliphatic rings. The molecule has 0 spiro atoms. The van der Waals surface area contributed by atoms with Crippen LogP contribution in [0.1, 0.15) is 24.2 Å². The highest BCUT2D eigenvalue weighted by Crippen LogP contribution is 2.27. The molecule has 1 heterocycles. The van der Waals surface area contributed by atoms with E-state index in [1.807, 2.05) is 38.1 Å². The van der Waals surface area contributed by atoms with Gasteiger partial charge in [0, 0.05) is 17.1 Å². The minimum absolute atomic E-state index is 0.00679. The van der Waals surface area contributed by atoms with Gasteiger partial charge in [-0.05, 0) is 31.5 Å². The third kappa shape index (κ3) is 1.83. The summed E-state index contributed by atoms with van der Waals surface area (Å²) in [7, 11) is 0. The van der Waals surface area contributed by atoms with E-state index < -0.39 is 0 Å². The standard InChI is InChI=1S/C12H13ClN2/c1-7-6-10(8(2)14)9-4-3-5-11(13)12(9)15-7/h3-6,8H,14H2,1-2H3. The molecule has 2 N–H and O–H groups in total. The zero-order valence-electron chi connectivity index (χ0n) is 8.79. The van der Waals surface area contributed by atoms with Crippen molar-refractivity contribution in [3.63, 3.8) is 0 Å². The molecule has 2 aromatic rings. The summed E-state index contributed by atoms with van der Waals surface area (Å²) < 4.78 is 0. The number of benzene rings is 1. The number of hydrogen-bond donors (Lipinski definition) is 1. The molecule has 78 valence electrons. The molecule has 3 heteroatoms. The molecule has 0 saturated heterocycles. The fraction of sp³-hybridized carbons (Fsp3) is 0.250. The summed E-state index contributed by atoms with van der Waals surface area (Å²) in [5, 5.41) is 1.72. The summed E-state index contributed by atoms with van der Waals surface area (Å²) in [5.74, 6) is 0. The Morgan fingerprint density at radius 3 is 2.80 bits per heavy atom. The van der Waals surface area contributed by atoms with Crippen molar-refractivity contribution in [2.75, 3.05) is 0 Å². The number of halogens is 1. The van der Waals surface area contributed by atoms with E-state index in [1.54, 1.807) is 0 Å². The van der Waals surface area contributed by atoms with Crippen molar-refractivity contribution in [2.45, 2.75) is 19.9 Å². The van der Waals surface area contributed by atoms with Gasteiger partial charge in [-0.1, -0.05) is 23.7 Å². The van der Waals surface area contributed by atoms with Gasteiger partial charge in [-0.2, -0.15) is 0 Å². The highest BCUT2D eigenvalue weighted by Gasteiger charge is 2.09. The van der Waals surface area contributed by atoms with Crippen LogP contribution < -0.4 is 5.73 Å². The fourth-order valence-corrected chi connectivity index (χ4v) is 1.97. The quantitative estimate of drug-likeness (QED) is 0.802. The molecule has 0 radical (unpaired) electrons. The van der Waals surface area contributed by atoms with Crippen LogP contribution in [0.5, 0.6) is 0 Å². The Kier molecular flexibility index (Phi) is 2.63. The molecular weight excluding hydrogens is 208 g/mol. The molecular formula is C12H13ClN2. The first kappa shape index (κ1) is 10.4. The smallest absolute Gasteiger partial charge is 0.0894 e. The molecule has 0 fully saturated rings. The molecule has 15 heavy (non-hydrogen) atoms. The Hall–Kier alpha value is -1.12. The first-order valence-corrected chi connectivity index (χ1v) is 5.28. The lowest BCUT2D eigenvalue weighted by Crippen LogP contribution is -2.06. The normalized spacial score (nSPS) is 13.1. The van der Waals surface area contributed by atoms with E-state index in [9.17, 15) is 0 Å². The number of hydrogen-bond acceptors (Lipinski definition) is 2.